The highest BCUT2D eigenvalue weighted by atomic mass is 79.9. The fourth-order valence-corrected chi connectivity index (χ4v) is 3.62. The van der Waals surface area contributed by atoms with Gasteiger partial charge in [-0.3, -0.25) is 0 Å². The summed E-state index contributed by atoms with van der Waals surface area (Å²) in [6, 6.07) is 20.3. The Labute approximate surface area is 156 Å². The number of ether oxygens (including phenoxy) is 1. The molecule has 0 aliphatic carbocycles. The molecule has 126 valence electrons. The minimum atomic E-state index is -0.341. The van der Waals surface area contributed by atoms with Crippen LogP contribution in [0.4, 0.5) is 0 Å². The van der Waals surface area contributed by atoms with Gasteiger partial charge in [0.1, 0.15) is 0 Å². The van der Waals surface area contributed by atoms with Gasteiger partial charge < -0.3 is 4.74 Å². The Balaban J connectivity index is 2.24. The molecule has 0 bridgehead atoms. The average molecular weight is 395 g/mol. The molecule has 0 heterocycles. The van der Waals surface area contributed by atoms with Gasteiger partial charge in [-0.15, -0.1) is 0 Å². The van der Waals surface area contributed by atoms with E-state index in [1.54, 1.807) is 0 Å². The van der Waals surface area contributed by atoms with E-state index in [-0.39, 0.29) is 5.97 Å². The molecule has 0 aliphatic heterocycles. The van der Waals surface area contributed by atoms with Crippen LogP contribution in [0.25, 0.3) is 22.3 Å². The number of hydrogen-bond donors (Lipinski definition) is 0. The minimum absolute atomic E-state index is 0.341. The maximum Gasteiger partial charge on any atom is 0.338 e. The zero-order valence-corrected chi connectivity index (χ0v) is 16.1. The van der Waals surface area contributed by atoms with Gasteiger partial charge in [-0.25, -0.2) is 4.79 Å². The second-order valence-corrected chi connectivity index (χ2v) is 6.87. The fraction of sp³-hybridized carbons (Fsp3) is 0.136. The van der Waals surface area contributed by atoms with E-state index >= 15 is 0 Å². The summed E-state index contributed by atoms with van der Waals surface area (Å²) in [7, 11) is 1.41. The van der Waals surface area contributed by atoms with Crippen molar-refractivity contribution in [3.05, 3.63) is 81.8 Å². The van der Waals surface area contributed by atoms with Gasteiger partial charge >= 0.3 is 5.97 Å². The molecule has 0 atom stereocenters. The zero-order chi connectivity index (χ0) is 18.0. The molecule has 0 saturated carbocycles. The van der Waals surface area contributed by atoms with Gasteiger partial charge in [0.25, 0.3) is 0 Å². The fourth-order valence-electron chi connectivity index (χ4n) is 2.81. The van der Waals surface area contributed by atoms with Crippen molar-refractivity contribution in [2.45, 2.75) is 13.8 Å². The molecule has 0 spiro atoms. The number of benzene rings is 3. The molecule has 2 nitrogen and oxygen atoms in total. The molecular weight excluding hydrogens is 376 g/mol. The third kappa shape index (κ3) is 3.52. The van der Waals surface area contributed by atoms with Crippen molar-refractivity contribution < 1.29 is 9.53 Å². The van der Waals surface area contributed by atoms with Gasteiger partial charge in [-0.05, 0) is 52.5 Å². The maximum absolute atomic E-state index is 12.3. The van der Waals surface area contributed by atoms with Crippen LogP contribution in [0.2, 0.25) is 0 Å². The molecule has 0 aromatic heterocycles. The van der Waals surface area contributed by atoms with Crippen molar-refractivity contribution >= 4 is 21.9 Å². The first-order chi connectivity index (χ1) is 12.0. The highest BCUT2D eigenvalue weighted by molar-refractivity contribution is 9.10. The first kappa shape index (κ1) is 17.4. The Morgan fingerprint density at radius 2 is 1.32 bits per heavy atom. The Kier molecular flexibility index (Phi) is 5.05. The second-order valence-electron chi connectivity index (χ2n) is 6.07. The Hall–Kier alpha value is -2.39. The van der Waals surface area contributed by atoms with E-state index in [9.17, 15) is 4.79 Å². The van der Waals surface area contributed by atoms with Crippen molar-refractivity contribution in [2.24, 2.45) is 0 Å². The molecule has 3 heteroatoms. The third-order valence-electron chi connectivity index (χ3n) is 4.25. The van der Waals surface area contributed by atoms with Crippen LogP contribution in [-0.4, -0.2) is 13.1 Å². The first-order valence-electron chi connectivity index (χ1n) is 8.06. The molecule has 3 rings (SSSR count). The topological polar surface area (TPSA) is 26.3 Å². The first-order valence-corrected chi connectivity index (χ1v) is 8.85. The van der Waals surface area contributed by atoms with Crippen LogP contribution >= 0.6 is 15.9 Å². The van der Waals surface area contributed by atoms with Crippen molar-refractivity contribution in [3.8, 4) is 22.3 Å². The summed E-state index contributed by atoms with van der Waals surface area (Å²) in [5, 5.41) is 0. The predicted molar refractivity (Wildman–Crippen MR) is 106 cm³/mol. The smallest absolute Gasteiger partial charge is 0.338 e. The largest absolute Gasteiger partial charge is 0.465 e. The van der Waals surface area contributed by atoms with Crippen LogP contribution in [0.15, 0.2) is 65.1 Å². The van der Waals surface area contributed by atoms with Crippen LogP contribution in [0.3, 0.4) is 0 Å². The maximum atomic E-state index is 12.3. The number of methoxy groups -OCH3 is 1. The SMILES string of the molecule is COC(=O)c1ccc(-c2ccc(C)cc2)c(Br)c1-c1ccc(C)cc1. The second kappa shape index (κ2) is 7.24. The van der Waals surface area contributed by atoms with Crippen LogP contribution in [-0.2, 0) is 4.74 Å². The summed E-state index contributed by atoms with van der Waals surface area (Å²) >= 11 is 3.73. The van der Waals surface area contributed by atoms with Gasteiger partial charge in [0.2, 0.25) is 0 Å². The monoisotopic (exact) mass is 394 g/mol. The van der Waals surface area contributed by atoms with Gasteiger partial charge in [0, 0.05) is 10.0 Å². The number of halogens is 1. The van der Waals surface area contributed by atoms with Gasteiger partial charge in [0.05, 0.1) is 12.7 Å². The molecule has 3 aromatic rings. The number of carbonyl (C=O) groups is 1. The van der Waals surface area contributed by atoms with E-state index in [0.717, 1.165) is 26.7 Å². The highest BCUT2D eigenvalue weighted by Gasteiger charge is 2.19. The molecule has 0 N–H and O–H groups in total. The van der Waals surface area contributed by atoms with E-state index in [4.69, 9.17) is 4.74 Å². The number of esters is 1. The zero-order valence-electron chi connectivity index (χ0n) is 14.5. The van der Waals surface area contributed by atoms with Crippen molar-refractivity contribution in [1.29, 1.82) is 0 Å². The van der Waals surface area contributed by atoms with Crippen LogP contribution in [0.5, 0.6) is 0 Å². The molecular formula is C22H19BrO2. The quantitative estimate of drug-likeness (QED) is 0.495. The average Bonchev–Trinajstić information content (AvgIpc) is 2.62. The van der Waals surface area contributed by atoms with Gasteiger partial charge in [-0.2, -0.15) is 0 Å². The number of hydrogen-bond acceptors (Lipinski definition) is 2. The Bertz CT molecular complexity index is 910. The van der Waals surface area contributed by atoms with Crippen LogP contribution in [0.1, 0.15) is 21.5 Å². The molecule has 0 radical (unpaired) electrons. The van der Waals surface area contributed by atoms with E-state index in [1.807, 2.05) is 43.3 Å². The molecule has 0 saturated heterocycles. The molecule has 0 fully saturated rings. The van der Waals surface area contributed by atoms with Gasteiger partial charge in [-0.1, -0.05) is 65.7 Å². The lowest BCUT2D eigenvalue weighted by Gasteiger charge is -2.15. The summed E-state index contributed by atoms with van der Waals surface area (Å²) < 4.78 is 5.87. The summed E-state index contributed by atoms with van der Waals surface area (Å²) in [5.74, 6) is -0.341. The lowest BCUT2D eigenvalue weighted by molar-refractivity contribution is 0.0601. The van der Waals surface area contributed by atoms with Crippen LogP contribution in [0, 0.1) is 13.8 Å². The highest BCUT2D eigenvalue weighted by Crippen LogP contribution is 2.39. The molecule has 0 amide bonds. The molecule has 0 unspecified atom stereocenters. The van der Waals surface area contributed by atoms with E-state index in [1.165, 1.54) is 18.2 Å². The number of rotatable bonds is 3. The molecule has 0 aliphatic rings. The molecule has 3 aromatic carbocycles. The van der Waals surface area contributed by atoms with E-state index in [2.05, 4.69) is 47.1 Å². The molecule has 25 heavy (non-hydrogen) atoms. The summed E-state index contributed by atoms with van der Waals surface area (Å²) in [6.45, 7) is 4.11. The van der Waals surface area contributed by atoms with Crippen LogP contribution < -0.4 is 0 Å². The standard InChI is InChI=1S/C22H19BrO2/c1-14-4-8-16(9-5-14)18-12-13-19(22(24)25-3)20(21(18)23)17-10-6-15(2)7-11-17/h4-13H,1-3H3. The van der Waals surface area contributed by atoms with Crippen molar-refractivity contribution in [2.75, 3.05) is 7.11 Å². The van der Waals surface area contributed by atoms with Crippen molar-refractivity contribution in [1.82, 2.24) is 0 Å². The van der Waals surface area contributed by atoms with Gasteiger partial charge in [0.15, 0.2) is 0 Å². The summed E-state index contributed by atoms with van der Waals surface area (Å²) in [5.41, 5.74) is 6.91. The minimum Gasteiger partial charge on any atom is -0.465 e. The van der Waals surface area contributed by atoms with Crippen molar-refractivity contribution in [3.63, 3.8) is 0 Å². The third-order valence-corrected chi connectivity index (χ3v) is 5.07. The number of carbonyl (C=O) groups excluding carboxylic acids is 1. The number of aryl methyl sites for hydroxylation is 2. The lowest BCUT2D eigenvalue weighted by Crippen LogP contribution is -2.05. The van der Waals surface area contributed by atoms with E-state index in [0.29, 0.717) is 5.56 Å². The predicted octanol–water partition coefficient (Wildman–Crippen LogP) is 6.19. The summed E-state index contributed by atoms with van der Waals surface area (Å²) in [4.78, 5) is 12.3. The Morgan fingerprint density at radius 3 is 1.84 bits per heavy atom. The normalized spacial score (nSPS) is 10.6. The lowest BCUT2D eigenvalue weighted by atomic mass is 9.94. The summed E-state index contributed by atoms with van der Waals surface area (Å²) in [6.07, 6.45) is 0. The van der Waals surface area contributed by atoms with E-state index < -0.39 is 0 Å². The Morgan fingerprint density at radius 1 is 0.800 bits per heavy atom.